The Morgan fingerprint density at radius 1 is 1.03 bits per heavy atom. The number of hydrogen-bond donors (Lipinski definition) is 2. The van der Waals surface area contributed by atoms with Gasteiger partial charge in [-0.1, -0.05) is 36.4 Å². The minimum Gasteiger partial charge on any atom is -0.368 e. The molecule has 0 saturated carbocycles. The number of primary amides is 1. The molecule has 0 unspecified atom stereocenters. The van der Waals surface area contributed by atoms with Crippen molar-refractivity contribution >= 4 is 33.2 Å². The number of thiophene rings is 1. The van der Waals surface area contributed by atoms with Gasteiger partial charge in [-0.2, -0.15) is 13.2 Å². The third-order valence-corrected chi connectivity index (χ3v) is 6.14. The van der Waals surface area contributed by atoms with Gasteiger partial charge in [0.25, 0.3) is 5.91 Å². The molecule has 3 N–H and O–H groups in total. The number of nitrogens with two attached hydrogens (primary N) is 1. The first-order chi connectivity index (χ1) is 15.7. The van der Waals surface area contributed by atoms with E-state index in [0.717, 1.165) is 26.6 Å². The minimum absolute atomic E-state index is 0.260. The van der Waals surface area contributed by atoms with E-state index in [-0.39, 0.29) is 6.54 Å². The number of halogens is 3. The van der Waals surface area contributed by atoms with E-state index in [1.54, 1.807) is 18.2 Å². The summed E-state index contributed by atoms with van der Waals surface area (Å²) >= 11 is 1.50. The monoisotopic (exact) mass is 469 g/mol. The van der Waals surface area contributed by atoms with Crippen molar-refractivity contribution in [2.75, 3.05) is 6.54 Å². The molecule has 0 radical (unpaired) electrons. The number of carbonyl (C=O) groups is 2. The van der Waals surface area contributed by atoms with Gasteiger partial charge in [0, 0.05) is 27.8 Å². The molecule has 0 fully saturated rings. The van der Waals surface area contributed by atoms with Gasteiger partial charge in [0.15, 0.2) is 0 Å². The molecule has 0 aliphatic carbocycles. The maximum absolute atomic E-state index is 13.0. The number of hydrogen-bond acceptors (Lipinski definition) is 4. The smallest absolute Gasteiger partial charge is 0.368 e. The van der Waals surface area contributed by atoms with E-state index in [9.17, 15) is 22.8 Å². The Bertz CT molecular complexity index is 1330. The quantitative estimate of drug-likeness (QED) is 0.426. The van der Waals surface area contributed by atoms with Crippen LogP contribution >= 0.6 is 11.3 Å². The van der Waals surface area contributed by atoms with Crippen LogP contribution in [0.2, 0.25) is 0 Å². The molecular weight excluding hydrogens is 451 g/mol. The van der Waals surface area contributed by atoms with Gasteiger partial charge in [-0.05, 0) is 35.2 Å². The number of rotatable bonds is 6. The highest BCUT2D eigenvalue weighted by atomic mass is 32.1. The second kappa shape index (κ2) is 9.03. The number of pyridine rings is 1. The van der Waals surface area contributed by atoms with Crippen molar-refractivity contribution in [2.45, 2.75) is 12.6 Å². The minimum atomic E-state index is -4.38. The van der Waals surface area contributed by atoms with Crippen molar-refractivity contribution < 1.29 is 22.8 Å². The van der Waals surface area contributed by atoms with E-state index in [1.165, 1.54) is 29.7 Å². The van der Waals surface area contributed by atoms with E-state index in [2.05, 4.69) is 10.3 Å². The van der Waals surface area contributed by atoms with Gasteiger partial charge in [0.1, 0.15) is 0 Å². The maximum atomic E-state index is 13.0. The molecule has 0 atom stereocenters. The van der Waals surface area contributed by atoms with Crippen LogP contribution in [0.25, 0.3) is 21.3 Å². The Labute approximate surface area is 191 Å². The van der Waals surface area contributed by atoms with Crippen LogP contribution in [-0.4, -0.2) is 23.3 Å². The predicted molar refractivity (Wildman–Crippen MR) is 121 cm³/mol. The molecule has 2 aromatic carbocycles. The highest BCUT2D eigenvalue weighted by Crippen LogP contribution is 2.36. The number of nitrogens with zero attached hydrogens (tertiary/aromatic N) is 1. The van der Waals surface area contributed by atoms with Crippen LogP contribution in [0.1, 0.15) is 26.4 Å². The summed E-state index contributed by atoms with van der Waals surface area (Å²) in [5.74, 6) is -1.09. The molecular formula is C24H18F3N3O2S. The van der Waals surface area contributed by atoms with Gasteiger partial charge < -0.3 is 11.1 Å². The van der Waals surface area contributed by atoms with Crippen LogP contribution in [0.15, 0.2) is 66.9 Å². The van der Waals surface area contributed by atoms with Gasteiger partial charge in [-0.3, -0.25) is 14.6 Å². The lowest BCUT2D eigenvalue weighted by Gasteiger charge is -2.08. The van der Waals surface area contributed by atoms with Crippen molar-refractivity contribution in [1.82, 2.24) is 10.3 Å². The van der Waals surface area contributed by atoms with Gasteiger partial charge in [-0.15, -0.1) is 11.3 Å². The summed E-state index contributed by atoms with van der Waals surface area (Å²) in [7, 11) is 0. The summed E-state index contributed by atoms with van der Waals surface area (Å²) in [5.41, 5.74) is 6.76. The molecule has 0 saturated heterocycles. The standard InChI is InChI=1S/C24H18F3N3O2S/c25-24(26,27)17-5-1-3-14(9-17)10-18-11-15-4-2-6-19(22(15)33-18)20-8-7-16(12-29-20)23(32)30-13-21(28)31/h1-9,11-12H,10,13H2,(H2,28,31)(H,30,32). The lowest BCUT2D eigenvalue weighted by Crippen LogP contribution is -2.33. The lowest BCUT2D eigenvalue weighted by molar-refractivity contribution is -0.137. The Kier molecular flexibility index (Phi) is 6.15. The zero-order valence-electron chi connectivity index (χ0n) is 17.1. The van der Waals surface area contributed by atoms with Crippen LogP contribution < -0.4 is 11.1 Å². The molecule has 5 nitrogen and oxygen atoms in total. The van der Waals surface area contributed by atoms with E-state index in [4.69, 9.17) is 5.73 Å². The SMILES string of the molecule is NC(=O)CNC(=O)c1ccc(-c2cccc3cc(Cc4cccc(C(F)(F)F)c4)sc23)nc1. The summed E-state index contributed by atoms with van der Waals surface area (Å²) in [6.45, 7) is -0.260. The summed E-state index contributed by atoms with van der Waals surface area (Å²) in [6.07, 6.45) is -2.57. The van der Waals surface area contributed by atoms with Crippen molar-refractivity contribution in [3.8, 4) is 11.3 Å². The number of nitrogens with one attached hydrogen (secondary N) is 1. The topological polar surface area (TPSA) is 85.1 Å². The predicted octanol–water partition coefficient (Wildman–Crippen LogP) is 4.79. The second-order valence-electron chi connectivity index (χ2n) is 7.39. The fourth-order valence-corrected chi connectivity index (χ4v) is 4.64. The largest absolute Gasteiger partial charge is 0.416 e. The normalized spacial score (nSPS) is 11.5. The lowest BCUT2D eigenvalue weighted by atomic mass is 10.1. The third kappa shape index (κ3) is 5.20. The fourth-order valence-electron chi connectivity index (χ4n) is 3.42. The molecule has 0 aliphatic rings. The molecule has 0 spiro atoms. The van der Waals surface area contributed by atoms with Crippen molar-refractivity contribution in [3.63, 3.8) is 0 Å². The van der Waals surface area contributed by atoms with Crippen molar-refractivity contribution in [1.29, 1.82) is 0 Å². The molecule has 4 rings (SSSR count). The molecule has 2 amide bonds. The number of aromatic nitrogens is 1. The molecule has 0 aliphatic heterocycles. The molecule has 33 heavy (non-hydrogen) atoms. The van der Waals surface area contributed by atoms with Crippen molar-refractivity contribution in [3.05, 3.63) is 88.4 Å². The average Bonchev–Trinajstić information content (AvgIpc) is 3.19. The Hall–Kier alpha value is -3.72. The number of benzene rings is 2. The van der Waals surface area contributed by atoms with Gasteiger partial charge in [0.2, 0.25) is 5.91 Å². The summed E-state index contributed by atoms with van der Waals surface area (Å²) < 4.78 is 40.0. The van der Waals surface area contributed by atoms with E-state index in [1.807, 2.05) is 24.3 Å². The first kappa shape index (κ1) is 22.5. The molecule has 9 heteroatoms. The van der Waals surface area contributed by atoms with Crippen LogP contribution in [-0.2, 0) is 17.4 Å². The number of carbonyl (C=O) groups excluding carboxylic acids is 2. The van der Waals surface area contributed by atoms with Crippen LogP contribution in [0, 0.1) is 0 Å². The second-order valence-corrected chi connectivity index (χ2v) is 8.53. The van der Waals surface area contributed by atoms with Crippen LogP contribution in [0.5, 0.6) is 0 Å². The van der Waals surface area contributed by atoms with Crippen LogP contribution in [0.4, 0.5) is 13.2 Å². The van der Waals surface area contributed by atoms with E-state index in [0.29, 0.717) is 23.2 Å². The molecule has 168 valence electrons. The first-order valence-electron chi connectivity index (χ1n) is 9.91. The Balaban J connectivity index is 1.59. The fraction of sp³-hybridized carbons (Fsp3) is 0.125. The Morgan fingerprint density at radius 3 is 2.52 bits per heavy atom. The van der Waals surface area contributed by atoms with Crippen LogP contribution in [0.3, 0.4) is 0 Å². The zero-order chi connectivity index (χ0) is 23.6. The zero-order valence-corrected chi connectivity index (χ0v) is 18.0. The number of alkyl halides is 3. The summed E-state index contributed by atoms with van der Waals surface area (Å²) in [4.78, 5) is 28.2. The molecule has 4 aromatic rings. The molecule has 2 heterocycles. The van der Waals surface area contributed by atoms with Crippen molar-refractivity contribution in [2.24, 2.45) is 5.73 Å². The first-order valence-corrected chi connectivity index (χ1v) is 10.7. The molecule has 2 aromatic heterocycles. The van der Waals surface area contributed by atoms with E-state index < -0.39 is 23.6 Å². The molecule has 0 bridgehead atoms. The van der Waals surface area contributed by atoms with Gasteiger partial charge in [-0.25, -0.2) is 0 Å². The Morgan fingerprint density at radius 2 is 1.82 bits per heavy atom. The van der Waals surface area contributed by atoms with Gasteiger partial charge in [0.05, 0.1) is 23.4 Å². The maximum Gasteiger partial charge on any atom is 0.416 e. The number of amides is 2. The third-order valence-electron chi connectivity index (χ3n) is 4.95. The highest BCUT2D eigenvalue weighted by molar-refractivity contribution is 7.19. The average molecular weight is 469 g/mol. The summed E-state index contributed by atoms with van der Waals surface area (Å²) in [5, 5.41) is 3.37. The summed E-state index contributed by atoms with van der Waals surface area (Å²) in [6, 6.07) is 16.4. The number of fused-ring (bicyclic) bond motifs is 1. The van der Waals surface area contributed by atoms with Gasteiger partial charge >= 0.3 is 6.18 Å². The highest BCUT2D eigenvalue weighted by Gasteiger charge is 2.30. The van der Waals surface area contributed by atoms with E-state index >= 15 is 0 Å².